The zero-order valence-corrected chi connectivity index (χ0v) is 15.1. The molecule has 0 spiro atoms. The number of benzene rings is 1. The molecule has 0 unspecified atom stereocenters. The average Bonchev–Trinajstić information content (AvgIpc) is 2.98. The molecule has 1 aromatic carbocycles. The second-order valence-electron chi connectivity index (χ2n) is 6.66. The first-order valence-electron chi connectivity index (χ1n) is 8.56. The molecule has 2 aromatic rings. The van der Waals surface area contributed by atoms with Crippen molar-refractivity contribution in [2.75, 3.05) is 5.32 Å². The Morgan fingerprint density at radius 1 is 1.15 bits per heavy atom. The molecule has 2 amide bonds. The van der Waals surface area contributed by atoms with E-state index in [1.54, 1.807) is 0 Å². The molecule has 0 aliphatic carbocycles. The van der Waals surface area contributed by atoms with Gasteiger partial charge in [-0.3, -0.25) is 19.1 Å². The monoisotopic (exact) mass is 356 g/mol. The van der Waals surface area contributed by atoms with Crippen LogP contribution < -0.4 is 11.1 Å². The van der Waals surface area contributed by atoms with E-state index in [1.165, 1.54) is 22.6 Å². The Kier molecular flexibility index (Phi) is 6.66. The second kappa shape index (κ2) is 8.94. The molecule has 0 saturated carbocycles. The van der Waals surface area contributed by atoms with Gasteiger partial charge in [-0.15, -0.1) is 0 Å². The highest BCUT2D eigenvalue weighted by Gasteiger charge is 2.11. The smallest absolute Gasteiger partial charge is 0.239 e. The number of primary amides is 1. The number of hydrogen-bond donors (Lipinski definition) is 2. The highest BCUT2D eigenvalue weighted by atomic mass is 16.2. The molecule has 1 heterocycles. The second-order valence-corrected chi connectivity index (χ2v) is 6.66. The lowest BCUT2D eigenvalue weighted by Gasteiger charge is -2.06. The maximum atomic E-state index is 12.2. The van der Waals surface area contributed by atoms with Gasteiger partial charge >= 0.3 is 0 Å². The van der Waals surface area contributed by atoms with Gasteiger partial charge in [0.05, 0.1) is 11.9 Å². The number of anilines is 1. The van der Waals surface area contributed by atoms with Crippen molar-refractivity contribution in [1.82, 2.24) is 9.78 Å². The van der Waals surface area contributed by atoms with Crippen LogP contribution in [0.4, 0.5) is 5.69 Å². The largest absolute Gasteiger partial charge is 0.368 e. The number of ketones is 1. The van der Waals surface area contributed by atoms with Crippen LogP contribution in [0, 0.1) is 5.92 Å². The third-order valence-electron chi connectivity index (χ3n) is 3.73. The number of carbonyl (C=O) groups excluding carboxylic acids is 3. The summed E-state index contributed by atoms with van der Waals surface area (Å²) in [5.74, 6) is -0.308. The Balaban J connectivity index is 1.81. The first-order chi connectivity index (χ1) is 12.3. The Morgan fingerprint density at radius 2 is 1.85 bits per heavy atom. The summed E-state index contributed by atoms with van der Waals surface area (Å²) >= 11 is 0. The molecule has 0 aliphatic heterocycles. The van der Waals surface area contributed by atoms with E-state index in [1.807, 2.05) is 24.3 Å². The maximum absolute atomic E-state index is 12.2. The van der Waals surface area contributed by atoms with Crippen LogP contribution >= 0.6 is 0 Å². The lowest BCUT2D eigenvalue weighted by molar-refractivity contribution is -0.118. The van der Waals surface area contributed by atoms with Gasteiger partial charge in [0, 0.05) is 24.6 Å². The Hall–Kier alpha value is -2.96. The molecule has 7 nitrogen and oxygen atoms in total. The van der Waals surface area contributed by atoms with Crippen LogP contribution in [0.15, 0.2) is 36.7 Å². The minimum atomic E-state index is -0.518. The molecule has 138 valence electrons. The molecule has 0 atom stereocenters. The SMILES string of the molecule is CC(C)Cc1ccc(C(=O)CCC(=O)Nc2cnn(CC(N)=O)c2)cc1. The van der Waals surface area contributed by atoms with Gasteiger partial charge in [-0.05, 0) is 17.9 Å². The number of nitrogens with one attached hydrogen (secondary N) is 1. The predicted octanol–water partition coefficient (Wildman–Crippen LogP) is 2.17. The van der Waals surface area contributed by atoms with Gasteiger partial charge in [-0.1, -0.05) is 38.1 Å². The molecular weight excluding hydrogens is 332 g/mol. The zero-order valence-electron chi connectivity index (χ0n) is 15.1. The number of rotatable bonds is 9. The van der Waals surface area contributed by atoms with E-state index in [0.717, 1.165) is 6.42 Å². The third-order valence-corrected chi connectivity index (χ3v) is 3.73. The van der Waals surface area contributed by atoms with Crippen LogP contribution in [-0.4, -0.2) is 27.4 Å². The molecule has 26 heavy (non-hydrogen) atoms. The van der Waals surface area contributed by atoms with Crippen molar-refractivity contribution in [2.24, 2.45) is 11.7 Å². The van der Waals surface area contributed by atoms with Gasteiger partial charge in [0.2, 0.25) is 11.8 Å². The number of carbonyl (C=O) groups is 3. The summed E-state index contributed by atoms with van der Waals surface area (Å²) in [6.07, 6.45) is 4.12. The summed E-state index contributed by atoms with van der Waals surface area (Å²) in [4.78, 5) is 35.0. The van der Waals surface area contributed by atoms with E-state index >= 15 is 0 Å². The number of aromatic nitrogens is 2. The molecule has 7 heteroatoms. The van der Waals surface area contributed by atoms with Crippen LogP contribution in [0.5, 0.6) is 0 Å². The minimum Gasteiger partial charge on any atom is -0.368 e. The van der Waals surface area contributed by atoms with E-state index in [-0.39, 0.29) is 31.1 Å². The zero-order chi connectivity index (χ0) is 19.1. The van der Waals surface area contributed by atoms with Crippen molar-refractivity contribution in [2.45, 2.75) is 39.7 Å². The molecule has 0 bridgehead atoms. The van der Waals surface area contributed by atoms with Crippen molar-refractivity contribution < 1.29 is 14.4 Å². The van der Waals surface area contributed by atoms with Crippen LogP contribution in [0.1, 0.15) is 42.6 Å². The lowest BCUT2D eigenvalue weighted by atomic mass is 9.99. The van der Waals surface area contributed by atoms with Crippen LogP contribution in [0.3, 0.4) is 0 Å². The topological polar surface area (TPSA) is 107 Å². The van der Waals surface area contributed by atoms with Gasteiger partial charge in [0.15, 0.2) is 5.78 Å². The Labute approximate surface area is 152 Å². The van der Waals surface area contributed by atoms with Crippen LogP contribution in [-0.2, 0) is 22.6 Å². The van der Waals surface area contributed by atoms with E-state index in [9.17, 15) is 14.4 Å². The highest BCUT2D eigenvalue weighted by Crippen LogP contribution is 2.12. The molecule has 0 saturated heterocycles. The van der Waals surface area contributed by atoms with Crippen LogP contribution in [0.2, 0.25) is 0 Å². The fourth-order valence-electron chi connectivity index (χ4n) is 2.57. The van der Waals surface area contributed by atoms with E-state index < -0.39 is 5.91 Å². The molecule has 0 aliphatic rings. The summed E-state index contributed by atoms with van der Waals surface area (Å²) < 4.78 is 1.34. The summed E-state index contributed by atoms with van der Waals surface area (Å²) in [5.41, 5.74) is 7.35. The van der Waals surface area contributed by atoms with E-state index in [4.69, 9.17) is 5.73 Å². The molecule has 3 N–H and O–H groups in total. The number of Topliss-reactive ketones (excluding diaryl/α,β-unsaturated/α-hetero) is 1. The van der Waals surface area contributed by atoms with Gasteiger partial charge < -0.3 is 11.1 Å². The van der Waals surface area contributed by atoms with E-state index in [2.05, 4.69) is 24.3 Å². The third kappa shape index (κ3) is 6.16. The summed E-state index contributed by atoms with van der Waals surface area (Å²) in [6, 6.07) is 7.54. The molecule has 0 fully saturated rings. The first-order valence-corrected chi connectivity index (χ1v) is 8.56. The maximum Gasteiger partial charge on any atom is 0.239 e. The molecular formula is C19H24N4O3. The number of hydrogen-bond acceptors (Lipinski definition) is 4. The highest BCUT2D eigenvalue weighted by molar-refractivity contribution is 5.99. The molecule has 0 radical (unpaired) electrons. The van der Waals surface area contributed by atoms with Gasteiger partial charge in [-0.2, -0.15) is 5.10 Å². The fourth-order valence-corrected chi connectivity index (χ4v) is 2.57. The normalized spacial score (nSPS) is 10.7. The van der Waals surface area contributed by atoms with Crippen molar-refractivity contribution in [3.8, 4) is 0 Å². The van der Waals surface area contributed by atoms with Crippen LogP contribution in [0.25, 0.3) is 0 Å². The van der Waals surface area contributed by atoms with E-state index in [0.29, 0.717) is 17.2 Å². The fraction of sp³-hybridized carbons (Fsp3) is 0.368. The van der Waals surface area contributed by atoms with Gasteiger partial charge in [0.1, 0.15) is 6.54 Å². The van der Waals surface area contributed by atoms with Gasteiger partial charge in [0.25, 0.3) is 0 Å². The standard InChI is InChI=1S/C19H24N4O3/c1-13(2)9-14-3-5-15(6-4-14)17(24)7-8-19(26)22-16-10-21-23(11-16)12-18(20)25/h3-6,10-11,13H,7-9,12H2,1-2H3,(H2,20,25)(H,22,26). The minimum absolute atomic E-state index is 0.0544. The summed E-state index contributed by atoms with van der Waals surface area (Å²) in [6.45, 7) is 4.24. The molecule has 1 aromatic heterocycles. The summed E-state index contributed by atoms with van der Waals surface area (Å²) in [7, 11) is 0. The van der Waals surface area contributed by atoms with Crippen molar-refractivity contribution >= 4 is 23.3 Å². The Bertz CT molecular complexity index is 778. The lowest BCUT2D eigenvalue weighted by Crippen LogP contribution is -2.18. The molecule has 2 rings (SSSR count). The number of amides is 2. The van der Waals surface area contributed by atoms with Gasteiger partial charge in [-0.25, -0.2) is 0 Å². The number of nitrogens with zero attached hydrogens (tertiary/aromatic N) is 2. The number of nitrogens with two attached hydrogens (primary N) is 1. The van der Waals surface area contributed by atoms with Crippen molar-refractivity contribution in [3.05, 3.63) is 47.8 Å². The quantitative estimate of drug-likeness (QED) is 0.671. The summed E-state index contributed by atoms with van der Waals surface area (Å²) in [5, 5.41) is 6.56. The van der Waals surface area contributed by atoms with Crippen molar-refractivity contribution in [3.63, 3.8) is 0 Å². The average molecular weight is 356 g/mol. The van der Waals surface area contributed by atoms with Crippen molar-refractivity contribution in [1.29, 1.82) is 0 Å². The predicted molar refractivity (Wildman–Crippen MR) is 98.6 cm³/mol. The Morgan fingerprint density at radius 3 is 2.46 bits per heavy atom. The first kappa shape index (κ1) is 19.4.